The van der Waals surface area contributed by atoms with Crippen LogP contribution in [0.3, 0.4) is 0 Å². The van der Waals surface area contributed by atoms with Gasteiger partial charge in [0, 0.05) is 5.56 Å². The summed E-state index contributed by atoms with van der Waals surface area (Å²) in [6, 6.07) is 6.35. The summed E-state index contributed by atoms with van der Waals surface area (Å²) in [5, 5.41) is 13.1. The summed E-state index contributed by atoms with van der Waals surface area (Å²) in [4.78, 5) is 4.34. The van der Waals surface area contributed by atoms with Gasteiger partial charge in [0.1, 0.15) is 0 Å². The Labute approximate surface area is 106 Å². The Bertz CT molecular complexity index is 563. The van der Waals surface area contributed by atoms with Gasteiger partial charge in [-0.1, -0.05) is 24.2 Å². The third-order valence-corrected chi connectivity index (χ3v) is 3.49. The minimum Gasteiger partial charge on any atom is -0.396 e. The van der Waals surface area contributed by atoms with E-state index >= 15 is 0 Å². The van der Waals surface area contributed by atoms with Gasteiger partial charge in [-0.05, 0) is 36.5 Å². The van der Waals surface area contributed by atoms with Gasteiger partial charge in [-0.15, -0.1) is 0 Å². The second-order valence-electron chi connectivity index (χ2n) is 4.88. The summed E-state index contributed by atoms with van der Waals surface area (Å²) < 4.78 is 5.17. The summed E-state index contributed by atoms with van der Waals surface area (Å²) in [5.41, 5.74) is 3.83. The van der Waals surface area contributed by atoms with Crippen LogP contribution < -0.4 is 0 Å². The van der Waals surface area contributed by atoms with Crippen LogP contribution in [0.4, 0.5) is 0 Å². The Morgan fingerprint density at radius 3 is 3.00 bits per heavy atom. The average molecular weight is 244 g/mol. The number of aryl methyl sites for hydroxylation is 2. The molecule has 1 aliphatic carbocycles. The number of rotatable bonds is 3. The lowest BCUT2D eigenvalue weighted by Crippen LogP contribution is -1.98. The van der Waals surface area contributed by atoms with Crippen molar-refractivity contribution in [2.45, 2.75) is 32.1 Å². The molecule has 0 amide bonds. The van der Waals surface area contributed by atoms with E-state index in [2.05, 4.69) is 22.3 Å². The second kappa shape index (κ2) is 4.53. The van der Waals surface area contributed by atoms with Crippen molar-refractivity contribution in [1.82, 2.24) is 10.1 Å². The topological polar surface area (TPSA) is 59.2 Å². The van der Waals surface area contributed by atoms with Gasteiger partial charge < -0.3 is 9.63 Å². The summed E-state index contributed by atoms with van der Waals surface area (Å²) in [7, 11) is 0. The number of aliphatic hydroxyl groups excluding tert-OH is 1. The molecule has 18 heavy (non-hydrogen) atoms. The molecule has 3 rings (SSSR count). The molecule has 0 fully saturated rings. The Hall–Kier alpha value is -1.68. The minimum atomic E-state index is -0.110. The van der Waals surface area contributed by atoms with E-state index in [1.54, 1.807) is 0 Å². The van der Waals surface area contributed by atoms with Crippen LogP contribution in [0.2, 0.25) is 0 Å². The maximum atomic E-state index is 9.07. The third-order valence-electron chi connectivity index (χ3n) is 3.49. The summed E-state index contributed by atoms with van der Waals surface area (Å²) in [6.45, 7) is 1.88. The van der Waals surface area contributed by atoms with Crippen LogP contribution in [0.5, 0.6) is 0 Å². The third kappa shape index (κ3) is 1.93. The van der Waals surface area contributed by atoms with Crippen LogP contribution in [0, 0.1) is 0 Å². The fraction of sp³-hybridized carbons (Fsp3) is 0.429. The molecule has 0 aliphatic heterocycles. The molecule has 94 valence electrons. The zero-order chi connectivity index (χ0) is 12.5. The average Bonchev–Trinajstić information content (AvgIpc) is 3.05. The van der Waals surface area contributed by atoms with E-state index in [0.717, 1.165) is 12.0 Å². The van der Waals surface area contributed by atoms with Crippen LogP contribution in [0.15, 0.2) is 22.7 Å². The zero-order valence-electron chi connectivity index (χ0n) is 10.4. The van der Waals surface area contributed by atoms with Crippen molar-refractivity contribution in [2.75, 3.05) is 6.61 Å². The van der Waals surface area contributed by atoms with Gasteiger partial charge in [0.05, 0.1) is 12.5 Å². The molecule has 0 saturated heterocycles. The Morgan fingerprint density at radius 2 is 2.17 bits per heavy atom. The van der Waals surface area contributed by atoms with E-state index in [1.165, 1.54) is 24.0 Å². The molecule has 1 unspecified atom stereocenters. The fourth-order valence-corrected chi connectivity index (χ4v) is 2.34. The van der Waals surface area contributed by atoms with Crippen molar-refractivity contribution in [2.24, 2.45) is 0 Å². The summed E-state index contributed by atoms with van der Waals surface area (Å²) in [5.74, 6) is 0.994. The van der Waals surface area contributed by atoms with E-state index < -0.39 is 0 Å². The van der Waals surface area contributed by atoms with Crippen molar-refractivity contribution in [3.05, 3.63) is 35.2 Å². The molecule has 2 aromatic rings. The molecule has 1 aromatic heterocycles. The van der Waals surface area contributed by atoms with E-state index in [4.69, 9.17) is 9.63 Å². The number of benzene rings is 1. The lowest BCUT2D eigenvalue weighted by Gasteiger charge is -2.01. The molecule has 0 radical (unpaired) electrons. The number of fused-ring (bicyclic) bond motifs is 1. The van der Waals surface area contributed by atoms with Gasteiger partial charge in [-0.2, -0.15) is 4.98 Å². The molecule has 0 spiro atoms. The first-order valence-corrected chi connectivity index (χ1v) is 6.34. The lowest BCUT2D eigenvalue weighted by atomic mass is 10.1. The van der Waals surface area contributed by atoms with Gasteiger partial charge >= 0.3 is 0 Å². The first-order chi connectivity index (χ1) is 8.78. The van der Waals surface area contributed by atoms with Crippen LogP contribution in [0.1, 0.15) is 36.3 Å². The highest BCUT2D eigenvalue weighted by molar-refractivity contribution is 5.57. The summed E-state index contributed by atoms with van der Waals surface area (Å²) in [6.07, 6.45) is 3.55. The van der Waals surface area contributed by atoms with Gasteiger partial charge in [0.2, 0.25) is 11.7 Å². The van der Waals surface area contributed by atoms with E-state index in [-0.39, 0.29) is 12.5 Å². The van der Waals surface area contributed by atoms with Gasteiger partial charge in [0.25, 0.3) is 0 Å². The van der Waals surface area contributed by atoms with Crippen LogP contribution in [-0.2, 0) is 12.8 Å². The fourth-order valence-electron chi connectivity index (χ4n) is 2.34. The highest BCUT2D eigenvalue weighted by Crippen LogP contribution is 2.27. The highest BCUT2D eigenvalue weighted by atomic mass is 16.5. The van der Waals surface area contributed by atoms with E-state index in [0.29, 0.717) is 11.7 Å². The molecular weight excluding hydrogens is 228 g/mol. The Morgan fingerprint density at radius 1 is 1.33 bits per heavy atom. The van der Waals surface area contributed by atoms with Crippen LogP contribution >= 0.6 is 0 Å². The number of nitrogens with zero attached hydrogens (tertiary/aromatic N) is 2. The number of hydrogen-bond donors (Lipinski definition) is 1. The van der Waals surface area contributed by atoms with E-state index in [9.17, 15) is 0 Å². The zero-order valence-corrected chi connectivity index (χ0v) is 10.4. The minimum absolute atomic E-state index is 0.0197. The van der Waals surface area contributed by atoms with E-state index in [1.807, 2.05) is 13.0 Å². The maximum Gasteiger partial charge on any atom is 0.232 e. The molecule has 4 nitrogen and oxygen atoms in total. The smallest absolute Gasteiger partial charge is 0.232 e. The molecular formula is C14H16N2O2. The van der Waals surface area contributed by atoms with Crippen molar-refractivity contribution >= 4 is 0 Å². The molecule has 1 aliphatic rings. The monoisotopic (exact) mass is 244 g/mol. The Kier molecular flexibility index (Phi) is 2.88. The molecule has 1 N–H and O–H groups in total. The first-order valence-electron chi connectivity index (χ1n) is 6.34. The standard InChI is InChI=1S/C14H16N2O2/c1-9(8-17)14-15-13(16-18-14)12-6-5-10-3-2-4-11(10)7-12/h5-7,9,17H,2-4,8H2,1H3. The second-order valence-corrected chi connectivity index (χ2v) is 4.88. The highest BCUT2D eigenvalue weighted by Gasteiger charge is 2.16. The Balaban J connectivity index is 1.92. The van der Waals surface area contributed by atoms with Gasteiger partial charge in [-0.25, -0.2) is 0 Å². The molecule has 1 atom stereocenters. The number of aromatic nitrogens is 2. The first kappa shape index (κ1) is 11.4. The van der Waals surface area contributed by atoms with Gasteiger partial charge in [0.15, 0.2) is 0 Å². The van der Waals surface area contributed by atoms with Crippen LogP contribution in [0.25, 0.3) is 11.4 Å². The van der Waals surface area contributed by atoms with Crippen molar-refractivity contribution in [1.29, 1.82) is 0 Å². The van der Waals surface area contributed by atoms with Gasteiger partial charge in [-0.3, -0.25) is 0 Å². The largest absolute Gasteiger partial charge is 0.396 e. The van der Waals surface area contributed by atoms with Crippen molar-refractivity contribution in [3.63, 3.8) is 0 Å². The quantitative estimate of drug-likeness (QED) is 0.900. The molecule has 4 heteroatoms. The predicted octanol–water partition coefficient (Wildman–Crippen LogP) is 2.32. The summed E-state index contributed by atoms with van der Waals surface area (Å²) >= 11 is 0. The van der Waals surface area contributed by atoms with Crippen LogP contribution in [-0.4, -0.2) is 21.9 Å². The number of hydrogen-bond acceptors (Lipinski definition) is 4. The molecule has 1 aromatic carbocycles. The SMILES string of the molecule is CC(CO)c1nc(-c2ccc3c(c2)CCC3)no1. The number of aliphatic hydroxyl groups is 1. The van der Waals surface area contributed by atoms with Crippen molar-refractivity contribution < 1.29 is 9.63 Å². The predicted molar refractivity (Wildman–Crippen MR) is 67.3 cm³/mol. The van der Waals surface area contributed by atoms with Crippen molar-refractivity contribution in [3.8, 4) is 11.4 Å². The molecule has 0 bridgehead atoms. The molecule has 0 saturated carbocycles. The lowest BCUT2D eigenvalue weighted by molar-refractivity contribution is 0.242. The molecule has 1 heterocycles. The maximum absolute atomic E-state index is 9.07. The normalized spacial score (nSPS) is 15.7.